The summed E-state index contributed by atoms with van der Waals surface area (Å²) in [5.74, 6) is 0. The van der Waals surface area contributed by atoms with Crippen LogP contribution in [0.3, 0.4) is 0 Å². The quantitative estimate of drug-likeness (QED) is 0.518. The maximum absolute atomic E-state index is 12.2. The van der Waals surface area contributed by atoms with Gasteiger partial charge in [0.05, 0.1) is 6.33 Å². The second-order valence-corrected chi connectivity index (χ2v) is 3.97. The molecule has 2 heterocycles. The van der Waals surface area contributed by atoms with E-state index < -0.39 is 0 Å². The zero-order valence-electron chi connectivity index (χ0n) is 6.94. The fraction of sp³-hybridized carbons (Fsp3) is 0.778. The molecule has 0 radical (unpaired) electrons. The van der Waals surface area contributed by atoms with E-state index in [2.05, 4.69) is 11.8 Å². The highest BCUT2D eigenvalue weighted by Gasteiger charge is 2.42. The van der Waals surface area contributed by atoms with Crippen molar-refractivity contribution in [2.45, 2.75) is 31.7 Å². The minimum absolute atomic E-state index is 0.303. The van der Waals surface area contributed by atoms with Crippen LogP contribution in [0.25, 0.3) is 0 Å². The maximum atomic E-state index is 12.2. The lowest BCUT2D eigenvalue weighted by atomic mass is 9.96. The van der Waals surface area contributed by atoms with Crippen LogP contribution in [0.1, 0.15) is 26.2 Å². The van der Waals surface area contributed by atoms with Gasteiger partial charge in [-0.05, 0) is 38.3 Å². The number of hydrogen-bond donors (Lipinski definition) is 0. The van der Waals surface area contributed by atoms with Gasteiger partial charge in [0.1, 0.15) is 0 Å². The molecule has 0 unspecified atom stereocenters. The molecule has 62 valence electrons. The van der Waals surface area contributed by atoms with Gasteiger partial charge in [-0.25, -0.2) is 4.39 Å². The van der Waals surface area contributed by atoms with Crippen LogP contribution in [0.15, 0.2) is 11.9 Å². The van der Waals surface area contributed by atoms with E-state index in [0.29, 0.717) is 5.54 Å². The summed E-state index contributed by atoms with van der Waals surface area (Å²) in [7, 11) is 0. The van der Waals surface area contributed by atoms with Crippen LogP contribution >= 0.6 is 0 Å². The summed E-state index contributed by atoms with van der Waals surface area (Å²) in [6.07, 6.45) is 4.27. The summed E-state index contributed by atoms with van der Waals surface area (Å²) in [5, 5.41) is 0. The van der Waals surface area contributed by atoms with Crippen molar-refractivity contribution in [1.82, 2.24) is 4.90 Å². The minimum atomic E-state index is 0.303. The summed E-state index contributed by atoms with van der Waals surface area (Å²) < 4.78 is 12.2. The molecular weight excluding hydrogens is 141 g/mol. The predicted octanol–water partition coefficient (Wildman–Crippen LogP) is 2.10. The first kappa shape index (κ1) is 7.29. The van der Waals surface area contributed by atoms with E-state index in [0.717, 1.165) is 31.4 Å². The molecule has 0 bridgehead atoms. The third-order valence-corrected chi connectivity index (χ3v) is 3.06. The maximum Gasteiger partial charge on any atom is 0.0872 e. The monoisotopic (exact) mass is 155 g/mol. The molecule has 1 nitrogen and oxygen atoms in total. The van der Waals surface area contributed by atoms with Crippen molar-refractivity contribution in [3.8, 4) is 0 Å². The molecule has 2 heteroatoms. The Labute approximate surface area is 66.9 Å². The van der Waals surface area contributed by atoms with E-state index in [4.69, 9.17) is 0 Å². The lowest BCUT2D eigenvalue weighted by molar-refractivity contribution is 0.218. The Bertz CT molecular complexity index is 200. The highest BCUT2D eigenvalue weighted by Crippen LogP contribution is 2.40. The number of rotatable bonds is 0. The highest BCUT2D eigenvalue weighted by molar-refractivity contribution is 5.17. The normalized spacial score (nSPS) is 41.8. The Balaban J connectivity index is 2.19. The summed E-state index contributed by atoms with van der Waals surface area (Å²) in [4.78, 5) is 2.40. The lowest BCUT2D eigenvalue weighted by Crippen LogP contribution is -2.34. The van der Waals surface area contributed by atoms with Crippen molar-refractivity contribution in [3.63, 3.8) is 0 Å². The molecule has 0 aliphatic carbocycles. The first-order chi connectivity index (χ1) is 5.24. The van der Waals surface area contributed by atoms with Crippen molar-refractivity contribution >= 4 is 0 Å². The zero-order valence-corrected chi connectivity index (χ0v) is 6.94. The zero-order chi connectivity index (χ0) is 7.90. The van der Waals surface area contributed by atoms with Gasteiger partial charge in [0.2, 0.25) is 0 Å². The second kappa shape index (κ2) is 2.31. The van der Waals surface area contributed by atoms with Crippen LogP contribution in [-0.2, 0) is 0 Å². The Hall–Kier alpha value is -0.370. The smallest absolute Gasteiger partial charge is 0.0872 e. The number of fused-ring (bicyclic) bond motifs is 1. The van der Waals surface area contributed by atoms with Crippen LogP contribution in [0.5, 0.6) is 0 Å². The van der Waals surface area contributed by atoms with Crippen molar-refractivity contribution in [2.24, 2.45) is 0 Å². The molecule has 2 saturated heterocycles. The van der Waals surface area contributed by atoms with Crippen LogP contribution in [0, 0.1) is 0 Å². The average Bonchev–Trinajstić information content (AvgIpc) is 2.42. The summed E-state index contributed by atoms with van der Waals surface area (Å²) in [6.45, 7) is 4.28. The molecule has 0 spiro atoms. The molecule has 0 saturated carbocycles. The van der Waals surface area contributed by atoms with E-state index in [1.54, 1.807) is 0 Å². The molecule has 0 aromatic carbocycles. The Morgan fingerprint density at radius 1 is 1.64 bits per heavy atom. The van der Waals surface area contributed by atoms with Crippen molar-refractivity contribution in [3.05, 3.63) is 11.9 Å². The Morgan fingerprint density at radius 3 is 3.09 bits per heavy atom. The van der Waals surface area contributed by atoms with E-state index in [1.807, 2.05) is 0 Å². The van der Waals surface area contributed by atoms with Gasteiger partial charge in [-0.3, -0.25) is 4.90 Å². The molecule has 2 aliphatic rings. The number of nitrogens with zero attached hydrogens (tertiary/aromatic N) is 1. The molecule has 2 aliphatic heterocycles. The van der Waals surface area contributed by atoms with Gasteiger partial charge in [0, 0.05) is 12.1 Å². The second-order valence-electron chi connectivity index (χ2n) is 3.97. The van der Waals surface area contributed by atoms with Crippen molar-refractivity contribution < 1.29 is 4.39 Å². The standard InChI is InChI=1S/C9H14FN/c1-9-3-2-4-11(9)7-8(5-9)6-10/h6H,2-5,7H2,1H3/b8-6-/t9-/m1/s1. The van der Waals surface area contributed by atoms with Crippen molar-refractivity contribution in [2.75, 3.05) is 13.1 Å². The summed E-state index contributed by atoms with van der Waals surface area (Å²) in [6, 6.07) is 0. The number of hydrogen-bond acceptors (Lipinski definition) is 1. The topological polar surface area (TPSA) is 3.24 Å². The predicted molar refractivity (Wildman–Crippen MR) is 43.0 cm³/mol. The van der Waals surface area contributed by atoms with Gasteiger partial charge in [0.15, 0.2) is 0 Å². The fourth-order valence-electron chi connectivity index (χ4n) is 2.41. The molecular formula is C9H14FN. The molecule has 0 N–H and O–H groups in total. The first-order valence-corrected chi connectivity index (χ1v) is 4.28. The van der Waals surface area contributed by atoms with Gasteiger partial charge in [-0.2, -0.15) is 0 Å². The third kappa shape index (κ3) is 1.00. The van der Waals surface area contributed by atoms with Crippen LogP contribution in [0.4, 0.5) is 4.39 Å². The van der Waals surface area contributed by atoms with Crippen LogP contribution in [0.2, 0.25) is 0 Å². The largest absolute Gasteiger partial charge is 0.294 e. The minimum Gasteiger partial charge on any atom is -0.294 e. The van der Waals surface area contributed by atoms with E-state index >= 15 is 0 Å². The van der Waals surface area contributed by atoms with E-state index in [9.17, 15) is 4.39 Å². The Kier molecular flexibility index (Phi) is 1.53. The summed E-state index contributed by atoms with van der Waals surface area (Å²) >= 11 is 0. The molecule has 2 rings (SSSR count). The van der Waals surface area contributed by atoms with Gasteiger partial charge >= 0.3 is 0 Å². The fourth-order valence-corrected chi connectivity index (χ4v) is 2.41. The van der Waals surface area contributed by atoms with Crippen LogP contribution in [-0.4, -0.2) is 23.5 Å². The first-order valence-electron chi connectivity index (χ1n) is 4.28. The Morgan fingerprint density at radius 2 is 2.45 bits per heavy atom. The lowest BCUT2D eigenvalue weighted by Gasteiger charge is -2.25. The molecule has 0 aromatic rings. The van der Waals surface area contributed by atoms with Gasteiger partial charge < -0.3 is 0 Å². The molecule has 11 heavy (non-hydrogen) atoms. The highest BCUT2D eigenvalue weighted by atomic mass is 19.1. The average molecular weight is 155 g/mol. The van der Waals surface area contributed by atoms with Gasteiger partial charge in [0.25, 0.3) is 0 Å². The molecule has 1 atom stereocenters. The van der Waals surface area contributed by atoms with Gasteiger partial charge in [-0.15, -0.1) is 0 Å². The van der Waals surface area contributed by atoms with E-state index in [-0.39, 0.29) is 0 Å². The summed E-state index contributed by atoms with van der Waals surface area (Å²) in [5.41, 5.74) is 1.28. The van der Waals surface area contributed by atoms with Gasteiger partial charge in [-0.1, -0.05) is 0 Å². The SMILES string of the molecule is C[C@]12CCCN1C/C(=C\F)C2. The van der Waals surface area contributed by atoms with Crippen molar-refractivity contribution in [1.29, 1.82) is 0 Å². The third-order valence-electron chi connectivity index (χ3n) is 3.06. The van der Waals surface area contributed by atoms with E-state index in [1.165, 1.54) is 12.8 Å². The molecule has 0 aromatic heterocycles. The van der Waals surface area contributed by atoms with Crippen LogP contribution < -0.4 is 0 Å². The molecule has 0 amide bonds. The molecule has 2 fully saturated rings. The number of halogens is 1.